The average molecular weight is 854 g/mol. The van der Waals surface area contributed by atoms with Crippen molar-refractivity contribution in [3.63, 3.8) is 0 Å². The van der Waals surface area contributed by atoms with Crippen molar-refractivity contribution >= 4 is 81.2 Å². The Morgan fingerprint density at radius 1 is 0.582 bits per heavy atom. The fourth-order valence-electron chi connectivity index (χ4n) is 7.66. The molecule has 0 amide bonds. The third-order valence-corrected chi connectivity index (χ3v) is 11.8. The molecule has 2 heterocycles. The van der Waals surface area contributed by atoms with E-state index in [1.165, 1.54) is 43.7 Å². The summed E-state index contributed by atoms with van der Waals surface area (Å²) in [6, 6.07) is 33.9. The summed E-state index contributed by atoms with van der Waals surface area (Å²) in [4.78, 5) is 2.19. The largest absolute Gasteiger partial charge is 0.312 e. The molecular formula is C50H51Br2N3. The molecule has 7 rings (SSSR count). The second-order valence-electron chi connectivity index (χ2n) is 16.6. The van der Waals surface area contributed by atoms with Crippen LogP contribution in [-0.4, -0.2) is 9.13 Å². The van der Waals surface area contributed by atoms with E-state index >= 15 is 0 Å². The number of halogens is 2. The van der Waals surface area contributed by atoms with Gasteiger partial charge in [0.1, 0.15) is 0 Å². The first-order valence-corrected chi connectivity index (χ1v) is 20.9. The van der Waals surface area contributed by atoms with E-state index in [1.54, 1.807) is 0 Å². The zero-order valence-electron chi connectivity index (χ0n) is 33.4. The van der Waals surface area contributed by atoms with Gasteiger partial charge in [0.2, 0.25) is 0 Å². The van der Waals surface area contributed by atoms with E-state index in [0.29, 0.717) is 0 Å². The van der Waals surface area contributed by atoms with Gasteiger partial charge in [-0.1, -0.05) is 117 Å². The second kappa shape index (κ2) is 14.8. The average Bonchev–Trinajstić information content (AvgIpc) is 3.66. The highest BCUT2D eigenvalue weighted by atomic mass is 79.9. The number of hydrogen-bond donors (Lipinski definition) is 0. The van der Waals surface area contributed by atoms with Crippen molar-refractivity contribution in [3.8, 4) is 11.4 Å². The SMILES string of the molecule is C=C(/C=C\CC)N(C(=C)/C=C\CC)c1cc(-n2c3ccc(C(C)(C)C)cc3c3cc(C(C)(C)C)ccc32)cc(-n2c3c(Br)cccc3c3cccc(Br)c32)c1. The monoisotopic (exact) mass is 851 g/mol. The third-order valence-electron chi connectivity index (χ3n) is 10.5. The van der Waals surface area contributed by atoms with Crippen LogP contribution in [0.4, 0.5) is 5.69 Å². The molecule has 3 nitrogen and oxygen atoms in total. The van der Waals surface area contributed by atoms with Crippen LogP contribution in [0.1, 0.15) is 79.4 Å². The number of benzene rings is 5. The van der Waals surface area contributed by atoms with E-state index in [0.717, 1.165) is 61.3 Å². The number of fused-ring (bicyclic) bond motifs is 6. The molecule has 0 spiro atoms. The van der Waals surface area contributed by atoms with Gasteiger partial charge >= 0.3 is 0 Å². The van der Waals surface area contributed by atoms with E-state index in [-0.39, 0.29) is 10.8 Å². The van der Waals surface area contributed by atoms with Crippen LogP contribution in [0.25, 0.3) is 55.0 Å². The Morgan fingerprint density at radius 3 is 1.44 bits per heavy atom. The zero-order chi connectivity index (χ0) is 39.4. The summed E-state index contributed by atoms with van der Waals surface area (Å²) in [5.41, 5.74) is 12.0. The smallest absolute Gasteiger partial charge is 0.0683 e. The molecule has 0 bridgehead atoms. The molecular weight excluding hydrogens is 802 g/mol. The molecule has 0 N–H and O–H groups in total. The van der Waals surface area contributed by atoms with Crippen LogP contribution in [0.5, 0.6) is 0 Å². The van der Waals surface area contributed by atoms with Crippen LogP contribution in [0, 0.1) is 0 Å². The standard InChI is InChI=1S/C50H51Br2N3/c1-11-13-17-32(3)53(33(4)18-14-12-2)36-29-37(31-38(30-36)55-47-39(19-15-21-43(47)51)40-20-16-22-44(52)48(40)55)54-45-25-23-34(49(5,6)7)27-41(45)42-28-35(50(8,9)10)24-26-46(42)54/h13-31H,3-4,11-12H2,1-2,5-10H3/b17-13-,18-14-. The topological polar surface area (TPSA) is 13.1 Å². The number of aromatic nitrogens is 2. The maximum atomic E-state index is 4.59. The molecule has 5 heteroatoms. The van der Waals surface area contributed by atoms with E-state index in [1.807, 2.05) is 0 Å². The summed E-state index contributed by atoms with van der Waals surface area (Å²) in [5.74, 6) is 0. The summed E-state index contributed by atoms with van der Waals surface area (Å²) in [5, 5.41) is 4.87. The highest BCUT2D eigenvalue weighted by molar-refractivity contribution is 9.11. The molecule has 0 radical (unpaired) electrons. The van der Waals surface area contributed by atoms with Crippen LogP contribution >= 0.6 is 31.9 Å². The quantitative estimate of drug-likeness (QED) is 0.132. The molecule has 0 unspecified atom stereocenters. The van der Waals surface area contributed by atoms with Gasteiger partial charge < -0.3 is 14.0 Å². The first-order valence-electron chi connectivity index (χ1n) is 19.3. The van der Waals surface area contributed by atoms with E-state index in [2.05, 4.69) is 230 Å². The maximum Gasteiger partial charge on any atom is 0.0683 e. The van der Waals surface area contributed by atoms with E-state index < -0.39 is 0 Å². The predicted octanol–water partition coefficient (Wildman–Crippen LogP) is 15.8. The minimum absolute atomic E-state index is 0.00782. The Morgan fingerprint density at radius 2 is 1.02 bits per heavy atom. The van der Waals surface area contributed by atoms with Crippen molar-refractivity contribution in [3.05, 3.63) is 160 Å². The van der Waals surface area contributed by atoms with Gasteiger partial charge in [-0.25, -0.2) is 0 Å². The van der Waals surface area contributed by atoms with E-state index in [9.17, 15) is 0 Å². The lowest BCUT2D eigenvalue weighted by Gasteiger charge is -2.28. The highest BCUT2D eigenvalue weighted by Gasteiger charge is 2.24. The molecule has 0 aliphatic heterocycles. The lowest BCUT2D eigenvalue weighted by atomic mass is 9.85. The first-order chi connectivity index (χ1) is 26.1. The summed E-state index contributed by atoms with van der Waals surface area (Å²) < 4.78 is 6.90. The third kappa shape index (κ3) is 7.06. The maximum absolute atomic E-state index is 4.59. The Kier molecular flexibility index (Phi) is 10.4. The van der Waals surface area contributed by atoms with Gasteiger partial charge in [-0.3, -0.25) is 0 Å². The van der Waals surface area contributed by atoms with Crippen LogP contribution in [-0.2, 0) is 10.8 Å². The Hall–Kier alpha value is -4.58. The molecule has 0 saturated heterocycles. The fraction of sp³-hybridized carbons (Fsp3) is 0.240. The van der Waals surface area contributed by atoms with Crippen molar-refractivity contribution < 1.29 is 0 Å². The Labute approximate surface area is 343 Å². The summed E-state index contributed by atoms with van der Waals surface area (Å²) in [6.07, 6.45) is 10.3. The lowest BCUT2D eigenvalue weighted by Crippen LogP contribution is -2.19. The molecule has 5 aromatic carbocycles. The normalized spacial score (nSPS) is 12.7. The van der Waals surface area contributed by atoms with Crippen LogP contribution in [0.2, 0.25) is 0 Å². The van der Waals surface area contributed by atoms with Gasteiger partial charge in [-0.2, -0.15) is 0 Å². The van der Waals surface area contributed by atoms with Gasteiger partial charge in [0, 0.05) is 41.9 Å². The van der Waals surface area contributed by atoms with E-state index in [4.69, 9.17) is 0 Å². The van der Waals surface area contributed by atoms with Crippen molar-refractivity contribution in [1.29, 1.82) is 0 Å². The molecule has 280 valence electrons. The zero-order valence-corrected chi connectivity index (χ0v) is 36.6. The predicted molar refractivity (Wildman–Crippen MR) is 248 cm³/mol. The molecule has 2 aromatic heterocycles. The molecule has 0 aliphatic rings. The van der Waals surface area contributed by atoms with Crippen molar-refractivity contribution in [2.75, 3.05) is 4.90 Å². The highest BCUT2D eigenvalue weighted by Crippen LogP contribution is 2.43. The van der Waals surface area contributed by atoms with Gasteiger partial charge in [-0.15, -0.1) is 0 Å². The number of para-hydroxylation sites is 2. The number of hydrogen-bond acceptors (Lipinski definition) is 1. The minimum atomic E-state index is 0.00782. The van der Waals surface area contributed by atoms with Crippen LogP contribution < -0.4 is 4.90 Å². The van der Waals surface area contributed by atoms with Crippen molar-refractivity contribution in [2.45, 2.75) is 79.1 Å². The summed E-state index contributed by atoms with van der Waals surface area (Å²) in [6.45, 7) is 27.2. The van der Waals surface area contributed by atoms with Crippen LogP contribution in [0.15, 0.2) is 149 Å². The van der Waals surface area contributed by atoms with Crippen molar-refractivity contribution in [2.24, 2.45) is 0 Å². The fourth-order valence-corrected chi connectivity index (χ4v) is 8.75. The molecule has 0 fully saturated rings. The Balaban J connectivity index is 1.64. The first kappa shape index (κ1) is 38.7. The lowest BCUT2D eigenvalue weighted by molar-refractivity contribution is 0.590. The number of rotatable bonds is 9. The minimum Gasteiger partial charge on any atom is -0.312 e. The second-order valence-corrected chi connectivity index (χ2v) is 18.3. The summed E-state index contributed by atoms with van der Waals surface area (Å²) >= 11 is 7.94. The van der Waals surface area contributed by atoms with Crippen molar-refractivity contribution in [1.82, 2.24) is 9.13 Å². The summed E-state index contributed by atoms with van der Waals surface area (Å²) in [7, 11) is 0. The molecule has 7 aromatic rings. The molecule has 0 atom stereocenters. The molecule has 0 aliphatic carbocycles. The Bertz CT molecular complexity index is 2550. The van der Waals surface area contributed by atoms with Gasteiger partial charge in [0.05, 0.1) is 39.1 Å². The number of allylic oxidation sites excluding steroid dienone is 4. The van der Waals surface area contributed by atoms with Gasteiger partial charge in [-0.05, 0) is 133 Å². The number of anilines is 1. The molecule has 55 heavy (non-hydrogen) atoms. The van der Waals surface area contributed by atoms with Crippen LogP contribution in [0.3, 0.4) is 0 Å². The number of nitrogens with zero attached hydrogens (tertiary/aromatic N) is 3. The van der Waals surface area contributed by atoms with Gasteiger partial charge in [0.15, 0.2) is 0 Å². The van der Waals surface area contributed by atoms with Gasteiger partial charge in [0.25, 0.3) is 0 Å². The molecule has 0 saturated carbocycles.